The minimum absolute atomic E-state index is 0.123. The molecule has 3 rings (SSSR count). The summed E-state index contributed by atoms with van der Waals surface area (Å²) in [6.07, 6.45) is 0.952. The van der Waals surface area contributed by atoms with E-state index in [1.807, 2.05) is 36.4 Å². The van der Waals surface area contributed by atoms with Crippen LogP contribution in [-0.4, -0.2) is 31.3 Å². The molecule has 0 saturated heterocycles. The molecule has 1 unspecified atom stereocenters. The van der Waals surface area contributed by atoms with E-state index in [1.54, 1.807) is 12.1 Å². The summed E-state index contributed by atoms with van der Waals surface area (Å²) in [4.78, 5) is 35.1. The van der Waals surface area contributed by atoms with Crippen LogP contribution >= 0.6 is 0 Å². The van der Waals surface area contributed by atoms with Crippen LogP contribution in [0.15, 0.2) is 52.9 Å². The van der Waals surface area contributed by atoms with Crippen molar-refractivity contribution in [2.24, 2.45) is 5.73 Å². The van der Waals surface area contributed by atoms with Crippen molar-refractivity contribution in [1.82, 2.24) is 5.32 Å². The summed E-state index contributed by atoms with van der Waals surface area (Å²) in [6, 6.07) is 14.1. The number of nitrogens with one attached hydrogen (secondary N) is 2. The van der Waals surface area contributed by atoms with E-state index in [9.17, 15) is 14.4 Å². The number of carbonyl (C=O) groups excluding carboxylic acids is 3. The van der Waals surface area contributed by atoms with E-state index in [0.717, 1.165) is 16.7 Å². The number of hydrogen-bond donors (Lipinski definition) is 3. The minimum Gasteiger partial charge on any atom is -0.459 e. The number of anilines is 1. The van der Waals surface area contributed by atoms with Crippen molar-refractivity contribution in [1.29, 1.82) is 0 Å². The monoisotopic (exact) mass is 423 g/mol. The van der Waals surface area contributed by atoms with Crippen molar-refractivity contribution in [3.05, 3.63) is 65.4 Å². The van der Waals surface area contributed by atoms with Gasteiger partial charge in [0.05, 0.1) is 13.2 Å². The number of ether oxygens (including phenoxy) is 1. The number of para-hydroxylation sites is 1. The predicted molar refractivity (Wildman–Crippen MR) is 116 cm³/mol. The second-order valence-corrected chi connectivity index (χ2v) is 7.08. The SMILES string of the molecule is COCc1ccc(NCc2cc3ccccc3o2)cc1C(=O)NC(CCC=O)C(N)=O. The van der Waals surface area contributed by atoms with Crippen LogP contribution < -0.4 is 16.4 Å². The number of aldehydes is 1. The molecule has 1 heterocycles. The summed E-state index contributed by atoms with van der Waals surface area (Å²) in [7, 11) is 1.53. The third kappa shape index (κ3) is 5.70. The van der Waals surface area contributed by atoms with Crippen LogP contribution in [0.3, 0.4) is 0 Å². The van der Waals surface area contributed by atoms with E-state index in [4.69, 9.17) is 14.9 Å². The molecule has 8 heteroatoms. The lowest BCUT2D eigenvalue weighted by molar-refractivity contribution is -0.120. The Labute approximate surface area is 179 Å². The highest BCUT2D eigenvalue weighted by Gasteiger charge is 2.20. The Morgan fingerprint density at radius 1 is 1.19 bits per heavy atom. The molecule has 1 atom stereocenters. The molecule has 2 amide bonds. The fraction of sp³-hybridized carbons (Fsp3) is 0.261. The summed E-state index contributed by atoms with van der Waals surface area (Å²) < 4.78 is 11.0. The van der Waals surface area contributed by atoms with Gasteiger partial charge in [-0.15, -0.1) is 0 Å². The number of fused-ring (bicyclic) bond motifs is 1. The molecule has 162 valence electrons. The average Bonchev–Trinajstić information content (AvgIpc) is 3.18. The first-order valence-electron chi connectivity index (χ1n) is 9.89. The molecule has 1 aromatic heterocycles. The molecule has 0 saturated carbocycles. The Hall–Kier alpha value is -3.65. The summed E-state index contributed by atoms with van der Waals surface area (Å²) in [5, 5.41) is 6.87. The van der Waals surface area contributed by atoms with E-state index in [1.165, 1.54) is 7.11 Å². The van der Waals surface area contributed by atoms with Crippen molar-refractivity contribution < 1.29 is 23.5 Å². The van der Waals surface area contributed by atoms with Gasteiger partial charge in [0.2, 0.25) is 5.91 Å². The number of rotatable bonds is 11. The molecule has 31 heavy (non-hydrogen) atoms. The number of benzene rings is 2. The first kappa shape index (κ1) is 22.0. The molecule has 2 aromatic carbocycles. The van der Waals surface area contributed by atoms with Crippen molar-refractivity contribution in [2.75, 3.05) is 12.4 Å². The van der Waals surface area contributed by atoms with E-state index in [-0.39, 0.29) is 19.4 Å². The topological polar surface area (TPSA) is 124 Å². The average molecular weight is 423 g/mol. The van der Waals surface area contributed by atoms with Gasteiger partial charge in [0, 0.05) is 30.2 Å². The number of primary amides is 1. The number of carbonyl (C=O) groups is 3. The lowest BCUT2D eigenvalue weighted by Gasteiger charge is -2.17. The van der Waals surface area contributed by atoms with Gasteiger partial charge >= 0.3 is 0 Å². The van der Waals surface area contributed by atoms with Crippen molar-refractivity contribution >= 4 is 34.8 Å². The fourth-order valence-corrected chi connectivity index (χ4v) is 3.25. The molecule has 0 fully saturated rings. The maximum atomic E-state index is 12.9. The number of methoxy groups -OCH3 is 1. The molecule has 0 radical (unpaired) electrons. The summed E-state index contributed by atoms with van der Waals surface area (Å²) in [6.45, 7) is 0.658. The van der Waals surface area contributed by atoms with Gasteiger partial charge in [-0.25, -0.2) is 0 Å². The van der Waals surface area contributed by atoms with Crippen LogP contribution in [0.25, 0.3) is 11.0 Å². The molecule has 0 aliphatic carbocycles. The van der Waals surface area contributed by atoms with Gasteiger partial charge in [-0.05, 0) is 36.2 Å². The lowest BCUT2D eigenvalue weighted by Crippen LogP contribution is -2.44. The molecule has 0 bridgehead atoms. The van der Waals surface area contributed by atoms with E-state index >= 15 is 0 Å². The molecule has 8 nitrogen and oxygen atoms in total. The Morgan fingerprint density at radius 3 is 2.71 bits per heavy atom. The van der Waals surface area contributed by atoms with Gasteiger partial charge in [0.25, 0.3) is 5.91 Å². The first-order valence-corrected chi connectivity index (χ1v) is 9.89. The Morgan fingerprint density at radius 2 is 2.00 bits per heavy atom. The Balaban J connectivity index is 1.76. The first-order chi connectivity index (χ1) is 15.0. The van der Waals surface area contributed by atoms with Crippen LogP contribution in [0.5, 0.6) is 0 Å². The van der Waals surface area contributed by atoms with Crippen LogP contribution in [0.2, 0.25) is 0 Å². The van der Waals surface area contributed by atoms with Gasteiger partial charge in [-0.1, -0.05) is 24.3 Å². The van der Waals surface area contributed by atoms with Crippen molar-refractivity contribution in [3.8, 4) is 0 Å². The molecule has 0 aliphatic rings. The molecule has 0 spiro atoms. The predicted octanol–water partition coefficient (Wildman–Crippen LogP) is 2.75. The zero-order valence-electron chi connectivity index (χ0n) is 17.2. The molecule has 3 aromatic rings. The summed E-state index contributed by atoms with van der Waals surface area (Å²) in [5.41, 5.74) is 7.88. The molecule has 0 aliphatic heterocycles. The third-order valence-electron chi connectivity index (χ3n) is 4.82. The smallest absolute Gasteiger partial charge is 0.252 e. The largest absolute Gasteiger partial charge is 0.459 e. The van der Waals surface area contributed by atoms with Crippen LogP contribution in [-0.2, 0) is 27.5 Å². The lowest BCUT2D eigenvalue weighted by atomic mass is 10.0. The maximum absolute atomic E-state index is 12.9. The van der Waals surface area contributed by atoms with E-state index in [0.29, 0.717) is 29.6 Å². The highest BCUT2D eigenvalue weighted by molar-refractivity contribution is 5.99. The van der Waals surface area contributed by atoms with Gasteiger partial charge < -0.3 is 30.3 Å². The number of furan rings is 1. The van der Waals surface area contributed by atoms with Gasteiger partial charge in [-0.2, -0.15) is 0 Å². The fourth-order valence-electron chi connectivity index (χ4n) is 3.25. The summed E-state index contributed by atoms with van der Waals surface area (Å²) >= 11 is 0. The second kappa shape index (κ2) is 10.4. The highest BCUT2D eigenvalue weighted by Crippen LogP contribution is 2.22. The minimum atomic E-state index is -0.930. The van der Waals surface area contributed by atoms with Crippen molar-refractivity contribution in [2.45, 2.75) is 32.0 Å². The summed E-state index contributed by atoms with van der Waals surface area (Å²) in [5.74, 6) is -0.396. The number of nitrogens with two attached hydrogens (primary N) is 1. The third-order valence-corrected chi connectivity index (χ3v) is 4.82. The quantitative estimate of drug-likeness (QED) is 0.408. The normalized spacial score (nSPS) is 11.8. The zero-order chi connectivity index (χ0) is 22.2. The van der Waals surface area contributed by atoms with Crippen molar-refractivity contribution in [3.63, 3.8) is 0 Å². The van der Waals surface area contributed by atoms with Gasteiger partial charge in [0.1, 0.15) is 23.7 Å². The molecule has 4 N–H and O–H groups in total. The molecular formula is C23H25N3O5. The molecular weight excluding hydrogens is 398 g/mol. The maximum Gasteiger partial charge on any atom is 0.252 e. The standard InChI is InChI=1S/C23H25N3O5/c1-30-14-16-8-9-17(25-13-18-11-15-5-2-3-7-21(15)31-18)12-19(16)23(29)26-20(22(24)28)6-4-10-27/h2-3,5,7-12,20,25H,4,6,13-14H2,1H3,(H2,24,28)(H,26,29). The number of amides is 2. The second-order valence-electron chi connectivity index (χ2n) is 7.08. The van der Waals surface area contributed by atoms with Crippen LogP contribution in [0, 0.1) is 0 Å². The Bertz CT molecular complexity index is 1040. The van der Waals surface area contributed by atoms with E-state index < -0.39 is 17.9 Å². The van der Waals surface area contributed by atoms with Gasteiger partial charge in [0.15, 0.2) is 0 Å². The highest BCUT2D eigenvalue weighted by atomic mass is 16.5. The van der Waals surface area contributed by atoms with E-state index in [2.05, 4.69) is 10.6 Å². The van der Waals surface area contributed by atoms with Crippen LogP contribution in [0.1, 0.15) is 34.5 Å². The zero-order valence-corrected chi connectivity index (χ0v) is 17.2. The Kier molecular flexibility index (Phi) is 7.40. The van der Waals surface area contributed by atoms with Gasteiger partial charge in [-0.3, -0.25) is 9.59 Å². The number of hydrogen-bond acceptors (Lipinski definition) is 6. The van der Waals surface area contributed by atoms with Crippen LogP contribution in [0.4, 0.5) is 5.69 Å².